The van der Waals surface area contributed by atoms with Gasteiger partial charge < -0.3 is 4.42 Å². The Bertz CT molecular complexity index is 763. The van der Waals surface area contributed by atoms with Gasteiger partial charge in [-0.1, -0.05) is 30.3 Å². The zero-order valence-corrected chi connectivity index (χ0v) is 13.3. The Morgan fingerprint density at radius 2 is 2.18 bits per heavy atom. The van der Waals surface area contributed by atoms with E-state index in [0.717, 1.165) is 23.0 Å². The number of rotatable bonds is 4. The van der Waals surface area contributed by atoms with Crippen LogP contribution in [0.5, 0.6) is 0 Å². The van der Waals surface area contributed by atoms with E-state index in [2.05, 4.69) is 41.2 Å². The van der Waals surface area contributed by atoms with Gasteiger partial charge in [-0.2, -0.15) is 0 Å². The summed E-state index contributed by atoms with van der Waals surface area (Å²) in [4.78, 5) is 8.08. The number of benzene rings is 1. The van der Waals surface area contributed by atoms with Gasteiger partial charge in [-0.05, 0) is 42.5 Å². The van der Waals surface area contributed by atoms with Gasteiger partial charge in [0.15, 0.2) is 0 Å². The van der Waals surface area contributed by atoms with Gasteiger partial charge >= 0.3 is 0 Å². The lowest BCUT2D eigenvalue weighted by Gasteiger charge is -2.24. The van der Waals surface area contributed by atoms with Crippen molar-refractivity contribution >= 4 is 11.3 Å². The maximum absolute atomic E-state index is 5.61. The van der Waals surface area contributed by atoms with Crippen LogP contribution in [0.4, 0.5) is 0 Å². The average Bonchev–Trinajstić information content (AvgIpc) is 3.27. The first kappa shape index (κ1) is 13.7. The molecule has 0 spiro atoms. The molecule has 0 saturated heterocycles. The normalized spacial score (nSPS) is 17.1. The average molecular weight is 310 g/mol. The van der Waals surface area contributed by atoms with Crippen LogP contribution in [0.2, 0.25) is 0 Å². The van der Waals surface area contributed by atoms with Crippen LogP contribution in [0.3, 0.4) is 0 Å². The van der Waals surface area contributed by atoms with Crippen molar-refractivity contribution < 1.29 is 4.42 Å². The Kier molecular flexibility index (Phi) is 3.56. The van der Waals surface area contributed by atoms with Crippen molar-refractivity contribution in [2.24, 2.45) is 0 Å². The highest BCUT2D eigenvalue weighted by Gasteiger charge is 2.25. The van der Waals surface area contributed by atoms with Crippen molar-refractivity contribution in [2.45, 2.75) is 25.4 Å². The maximum Gasteiger partial charge on any atom is 0.236 e. The van der Waals surface area contributed by atoms with Crippen molar-refractivity contribution in [1.29, 1.82) is 0 Å². The molecule has 0 saturated carbocycles. The van der Waals surface area contributed by atoms with Gasteiger partial charge in [0.1, 0.15) is 6.26 Å². The van der Waals surface area contributed by atoms with E-state index >= 15 is 0 Å². The van der Waals surface area contributed by atoms with Gasteiger partial charge in [0.2, 0.25) is 5.89 Å². The predicted molar refractivity (Wildman–Crippen MR) is 88.8 cm³/mol. The lowest BCUT2D eigenvalue weighted by atomic mass is 10.1. The van der Waals surface area contributed by atoms with Crippen LogP contribution < -0.4 is 0 Å². The number of fused-ring (bicyclic) bond motifs is 1. The fourth-order valence-electron chi connectivity index (χ4n) is 3.25. The third-order valence-corrected chi connectivity index (χ3v) is 5.19. The molecule has 0 bridgehead atoms. The zero-order chi connectivity index (χ0) is 14.9. The third kappa shape index (κ3) is 2.49. The summed E-state index contributed by atoms with van der Waals surface area (Å²) in [7, 11) is 2.17. The second-order valence-corrected chi connectivity index (χ2v) is 6.74. The zero-order valence-electron chi connectivity index (χ0n) is 12.5. The summed E-state index contributed by atoms with van der Waals surface area (Å²) in [6.07, 6.45) is 4.14. The number of oxazole rings is 1. The maximum atomic E-state index is 5.61. The minimum absolute atomic E-state index is 0.484. The van der Waals surface area contributed by atoms with Crippen molar-refractivity contribution in [3.63, 3.8) is 0 Å². The van der Waals surface area contributed by atoms with Gasteiger partial charge in [0.25, 0.3) is 0 Å². The lowest BCUT2D eigenvalue weighted by molar-refractivity contribution is 0.233. The number of aryl methyl sites for hydroxylation is 1. The van der Waals surface area contributed by atoms with Crippen LogP contribution in [0.15, 0.2) is 52.5 Å². The number of nitrogens with zero attached hydrogens (tertiary/aromatic N) is 2. The number of hydrogen-bond donors (Lipinski definition) is 0. The molecule has 0 aliphatic heterocycles. The van der Waals surface area contributed by atoms with Crippen molar-refractivity contribution in [3.05, 3.63) is 64.9 Å². The molecule has 4 rings (SSSR count). The monoisotopic (exact) mass is 310 g/mol. The Morgan fingerprint density at radius 1 is 1.27 bits per heavy atom. The highest BCUT2D eigenvalue weighted by atomic mass is 32.1. The SMILES string of the molecule is CN(Cc1coc(-c2cccs2)n1)C1CCc2ccccc21. The number of hydrogen-bond acceptors (Lipinski definition) is 4. The van der Waals surface area contributed by atoms with E-state index in [1.165, 1.54) is 24.0 Å². The molecule has 2 aromatic heterocycles. The second kappa shape index (κ2) is 5.71. The molecule has 3 aromatic rings. The highest BCUT2D eigenvalue weighted by Crippen LogP contribution is 2.35. The molecule has 1 unspecified atom stereocenters. The molecule has 22 heavy (non-hydrogen) atoms. The molecule has 1 atom stereocenters. The Morgan fingerprint density at radius 3 is 3.05 bits per heavy atom. The number of aromatic nitrogens is 1. The molecule has 112 valence electrons. The Labute approximate surface area is 134 Å². The summed E-state index contributed by atoms with van der Waals surface area (Å²) in [6.45, 7) is 0.813. The molecule has 0 amide bonds. The van der Waals surface area contributed by atoms with E-state index in [-0.39, 0.29) is 0 Å². The quantitative estimate of drug-likeness (QED) is 0.709. The van der Waals surface area contributed by atoms with E-state index < -0.39 is 0 Å². The van der Waals surface area contributed by atoms with Gasteiger partial charge in [0, 0.05) is 12.6 Å². The summed E-state index contributed by atoms with van der Waals surface area (Å²) in [5, 5.41) is 2.04. The third-order valence-electron chi connectivity index (χ3n) is 4.33. The van der Waals surface area contributed by atoms with Crippen molar-refractivity contribution in [1.82, 2.24) is 9.88 Å². The fourth-order valence-corrected chi connectivity index (χ4v) is 3.91. The molecule has 3 nitrogen and oxygen atoms in total. The number of thiophene rings is 1. The van der Waals surface area contributed by atoms with Gasteiger partial charge in [-0.15, -0.1) is 11.3 Å². The summed E-state index contributed by atoms with van der Waals surface area (Å²) >= 11 is 1.65. The van der Waals surface area contributed by atoms with Gasteiger partial charge in [-0.25, -0.2) is 4.98 Å². The summed E-state index contributed by atoms with van der Waals surface area (Å²) in [5.41, 5.74) is 3.95. The molecule has 4 heteroatoms. The predicted octanol–water partition coefficient (Wildman–Crippen LogP) is 4.52. The first-order chi connectivity index (χ1) is 10.8. The Balaban J connectivity index is 1.50. The largest absolute Gasteiger partial charge is 0.444 e. The van der Waals surface area contributed by atoms with E-state index in [9.17, 15) is 0 Å². The summed E-state index contributed by atoms with van der Waals surface area (Å²) in [6, 6.07) is 13.3. The summed E-state index contributed by atoms with van der Waals surface area (Å²) < 4.78 is 5.61. The van der Waals surface area contributed by atoms with E-state index in [1.807, 2.05) is 17.5 Å². The molecule has 1 aliphatic carbocycles. The van der Waals surface area contributed by atoms with E-state index in [0.29, 0.717) is 6.04 Å². The topological polar surface area (TPSA) is 29.3 Å². The molecule has 0 fully saturated rings. The van der Waals surface area contributed by atoms with Crippen LogP contribution in [0, 0.1) is 0 Å². The first-order valence-corrected chi connectivity index (χ1v) is 8.45. The van der Waals surface area contributed by atoms with E-state index in [4.69, 9.17) is 4.42 Å². The highest BCUT2D eigenvalue weighted by molar-refractivity contribution is 7.13. The van der Waals surface area contributed by atoms with Crippen LogP contribution in [-0.2, 0) is 13.0 Å². The van der Waals surface area contributed by atoms with Crippen LogP contribution >= 0.6 is 11.3 Å². The molecule has 0 N–H and O–H groups in total. The molecule has 0 radical (unpaired) electrons. The molecule has 2 heterocycles. The summed E-state index contributed by atoms with van der Waals surface area (Å²) in [5.74, 6) is 0.727. The van der Waals surface area contributed by atoms with Gasteiger partial charge in [0.05, 0.1) is 10.6 Å². The smallest absolute Gasteiger partial charge is 0.236 e. The van der Waals surface area contributed by atoms with Crippen LogP contribution in [0.25, 0.3) is 10.8 Å². The van der Waals surface area contributed by atoms with Crippen molar-refractivity contribution in [3.8, 4) is 10.8 Å². The van der Waals surface area contributed by atoms with Gasteiger partial charge in [-0.3, -0.25) is 4.90 Å². The minimum Gasteiger partial charge on any atom is -0.444 e. The standard InChI is InChI=1S/C18H18N2OS/c1-20(16-9-8-13-5-2-3-6-15(13)16)11-14-12-21-18(19-14)17-7-4-10-22-17/h2-7,10,12,16H,8-9,11H2,1H3. The minimum atomic E-state index is 0.484. The molecular formula is C18H18N2OS. The first-order valence-electron chi connectivity index (χ1n) is 7.57. The van der Waals surface area contributed by atoms with Crippen LogP contribution in [0.1, 0.15) is 29.3 Å². The fraction of sp³-hybridized carbons (Fsp3) is 0.278. The molecule has 1 aliphatic rings. The molecular weight excluding hydrogens is 292 g/mol. The van der Waals surface area contributed by atoms with Crippen molar-refractivity contribution in [2.75, 3.05) is 7.05 Å². The van der Waals surface area contributed by atoms with E-state index in [1.54, 1.807) is 17.6 Å². The lowest BCUT2D eigenvalue weighted by Crippen LogP contribution is -2.22. The second-order valence-electron chi connectivity index (χ2n) is 5.79. The Hall–Kier alpha value is -1.91. The van der Waals surface area contributed by atoms with Crippen LogP contribution in [-0.4, -0.2) is 16.9 Å². The molecule has 1 aromatic carbocycles.